The molecule has 2 aliphatic heterocycles. The number of hydrogen-bond acceptors (Lipinski definition) is 4. The van der Waals surface area contributed by atoms with Crippen LogP contribution in [0.1, 0.15) is 19.8 Å². The zero-order chi connectivity index (χ0) is 11.4. The molecule has 0 amide bonds. The quantitative estimate of drug-likeness (QED) is 0.518. The number of likely N-dealkylation sites (tertiary alicyclic amines) is 1. The smallest absolute Gasteiger partial charge is 0.0262 e. The maximum atomic E-state index is 3.68. The summed E-state index contributed by atoms with van der Waals surface area (Å²) < 4.78 is 0. The van der Waals surface area contributed by atoms with E-state index >= 15 is 0 Å². The van der Waals surface area contributed by atoms with Crippen molar-refractivity contribution in [3.05, 3.63) is 0 Å². The molecule has 2 heterocycles. The molecule has 2 aliphatic rings. The first-order valence-electron chi connectivity index (χ1n) is 6.70. The zero-order valence-corrected chi connectivity index (χ0v) is 10.6. The second-order valence-corrected chi connectivity index (χ2v) is 5.01. The van der Waals surface area contributed by atoms with Crippen LogP contribution in [0, 0.1) is 0 Å². The van der Waals surface area contributed by atoms with Gasteiger partial charge in [0, 0.05) is 44.3 Å². The van der Waals surface area contributed by atoms with E-state index < -0.39 is 0 Å². The van der Waals surface area contributed by atoms with Crippen molar-refractivity contribution >= 4 is 0 Å². The monoisotopic (exact) mass is 226 g/mol. The third-order valence-electron chi connectivity index (χ3n) is 3.91. The number of hydrogen-bond donors (Lipinski definition) is 3. The number of nitrogens with one attached hydrogen (secondary N) is 3. The molecule has 0 bridgehead atoms. The Labute approximate surface area is 99.2 Å². The van der Waals surface area contributed by atoms with E-state index in [2.05, 4.69) is 27.8 Å². The summed E-state index contributed by atoms with van der Waals surface area (Å²) in [5.41, 5.74) is 0. The fraction of sp³-hybridized carbons (Fsp3) is 1.00. The Balaban J connectivity index is 1.60. The Kier molecular flexibility index (Phi) is 4.58. The minimum atomic E-state index is 0.714. The first-order valence-corrected chi connectivity index (χ1v) is 6.70. The Bertz CT molecular complexity index is 198. The standard InChI is InChI=1S/C12H26N4/c1-3-14-5-7-16-6-4-12(16)11-8-10(15-11)9-13-2/h10-15H,3-9H2,1-2H3. The van der Waals surface area contributed by atoms with Crippen LogP contribution in [0.15, 0.2) is 0 Å². The van der Waals surface area contributed by atoms with Gasteiger partial charge in [0.15, 0.2) is 0 Å². The Morgan fingerprint density at radius 1 is 1.44 bits per heavy atom. The van der Waals surface area contributed by atoms with Crippen LogP contribution in [0.5, 0.6) is 0 Å². The van der Waals surface area contributed by atoms with Crippen LogP contribution in [0.4, 0.5) is 0 Å². The molecule has 0 radical (unpaired) electrons. The molecule has 2 rings (SSSR count). The van der Waals surface area contributed by atoms with Gasteiger partial charge in [0.1, 0.15) is 0 Å². The molecule has 0 aromatic carbocycles. The lowest BCUT2D eigenvalue weighted by Crippen LogP contribution is -2.68. The van der Waals surface area contributed by atoms with Gasteiger partial charge in [0.25, 0.3) is 0 Å². The molecule has 94 valence electrons. The van der Waals surface area contributed by atoms with Crippen LogP contribution in [0.3, 0.4) is 0 Å². The molecule has 0 aromatic heterocycles. The second kappa shape index (κ2) is 5.96. The van der Waals surface area contributed by atoms with Crippen LogP contribution in [0.25, 0.3) is 0 Å². The predicted octanol–water partition coefficient (Wildman–Crippen LogP) is -0.380. The molecule has 4 nitrogen and oxygen atoms in total. The van der Waals surface area contributed by atoms with Crippen molar-refractivity contribution < 1.29 is 0 Å². The molecular formula is C12H26N4. The van der Waals surface area contributed by atoms with Crippen molar-refractivity contribution in [3.8, 4) is 0 Å². The van der Waals surface area contributed by atoms with E-state index in [1.165, 1.54) is 25.9 Å². The molecule has 4 heteroatoms. The highest BCUT2D eigenvalue weighted by Gasteiger charge is 2.40. The van der Waals surface area contributed by atoms with Gasteiger partial charge in [0.2, 0.25) is 0 Å². The highest BCUT2D eigenvalue weighted by atomic mass is 15.3. The van der Waals surface area contributed by atoms with Crippen molar-refractivity contribution in [2.24, 2.45) is 0 Å². The summed E-state index contributed by atoms with van der Waals surface area (Å²) in [4.78, 5) is 2.62. The second-order valence-electron chi connectivity index (χ2n) is 5.01. The van der Waals surface area contributed by atoms with Crippen LogP contribution in [0.2, 0.25) is 0 Å². The summed E-state index contributed by atoms with van der Waals surface area (Å²) >= 11 is 0. The molecular weight excluding hydrogens is 200 g/mol. The van der Waals surface area contributed by atoms with E-state index in [0.717, 1.165) is 31.7 Å². The van der Waals surface area contributed by atoms with Crippen LogP contribution < -0.4 is 16.0 Å². The third kappa shape index (κ3) is 2.74. The van der Waals surface area contributed by atoms with Gasteiger partial charge in [-0.1, -0.05) is 6.92 Å². The zero-order valence-electron chi connectivity index (χ0n) is 10.6. The Hall–Kier alpha value is -0.160. The Morgan fingerprint density at radius 2 is 2.25 bits per heavy atom. The average molecular weight is 226 g/mol. The summed E-state index contributed by atoms with van der Waals surface area (Å²) in [6.45, 7) is 8.02. The topological polar surface area (TPSA) is 39.3 Å². The van der Waals surface area contributed by atoms with Crippen molar-refractivity contribution in [3.63, 3.8) is 0 Å². The number of likely N-dealkylation sites (N-methyl/N-ethyl adjacent to an activating group) is 2. The lowest BCUT2D eigenvalue weighted by Gasteiger charge is -2.52. The van der Waals surface area contributed by atoms with Crippen LogP contribution in [-0.2, 0) is 0 Å². The van der Waals surface area contributed by atoms with Gasteiger partial charge in [-0.2, -0.15) is 0 Å². The van der Waals surface area contributed by atoms with Gasteiger partial charge in [-0.25, -0.2) is 0 Å². The largest absolute Gasteiger partial charge is 0.318 e. The first kappa shape index (κ1) is 12.3. The molecule has 16 heavy (non-hydrogen) atoms. The van der Waals surface area contributed by atoms with Crippen LogP contribution in [-0.4, -0.2) is 62.8 Å². The lowest BCUT2D eigenvalue weighted by atomic mass is 9.84. The molecule has 0 aromatic rings. The fourth-order valence-electron chi connectivity index (χ4n) is 2.84. The molecule has 0 saturated carbocycles. The predicted molar refractivity (Wildman–Crippen MR) is 67.8 cm³/mol. The molecule has 2 saturated heterocycles. The fourth-order valence-corrected chi connectivity index (χ4v) is 2.84. The Morgan fingerprint density at radius 3 is 2.81 bits per heavy atom. The summed E-state index contributed by atoms with van der Waals surface area (Å²) in [6.07, 6.45) is 2.74. The SMILES string of the molecule is CCNCCN1CCC1C1CC(CNC)N1. The van der Waals surface area contributed by atoms with E-state index in [-0.39, 0.29) is 0 Å². The van der Waals surface area contributed by atoms with E-state index in [1.54, 1.807) is 0 Å². The van der Waals surface area contributed by atoms with Crippen molar-refractivity contribution in [2.75, 3.05) is 39.8 Å². The number of nitrogens with zero attached hydrogens (tertiary/aromatic N) is 1. The van der Waals surface area contributed by atoms with Gasteiger partial charge >= 0.3 is 0 Å². The van der Waals surface area contributed by atoms with E-state index in [1.807, 2.05) is 7.05 Å². The molecule has 0 aliphatic carbocycles. The third-order valence-corrected chi connectivity index (χ3v) is 3.91. The molecule has 3 unspecified atom stereocenters. The first-order chi connectivity index (χ1) is 7.85. The van der Waals surface area contributed by atoms with E-state index in [0.29, 0.717) is 6.04 Å². The minimum absolute atomic E-state index is 0.714. The highest BCUT2D eigenvalue weighted by Crippen LogP contribution is 2.27. The van der Waals surface area contributed by atoms with Gasteiger partial charge in [-0.3, -0.25) is 4.90 Å². The molecule has 3 N–H and O–H groups in total. The van der Waals surface area contributed by atoms with Crippen LogP contribution >= 0.6 is 0 Å². The summed E-state index contributed by atoms with van der Waals surface area (Å²) in [5, 5.41) is 10.3. The molecule has 0 spiro atoms. The van der Waals surface area contributed by atoms with Crippen molar-refractivity contribution in [1.29, 1.82) is 0 Å². The minimum Gasteiger partial charge on any atom is -0.318 e. The van der Waals surface area contributed by atoms with Crippen molar-refractivity contribution in [1.82, 2.24) is 20.9 Å². The van der Waals surface area contributed by atoms with E-state index in [4.69, 9.17) is 0 Å². The summed E-state index contributed by atoms with van der Waals surface area (Å²) in [5.74, 6) is 0. The summed E-state index contributed by atoms with van der Waals surface area (Å²) in [6, 6.07) is 2.28. The normalized spacial score (nSPS) is 34.5. The average Bonchev–Trinajstić information content (AvgIpc) is 2.20. The van der Waals surface area contributed by atoms with Crippen molar-refractivity contribution in [2.45, 2.75) is 37.9 Å². The van der Waals surface area contributed by atoms with E-state index in [9.17, 15) is 0 Å². The van der Waals surface area contributed by atoms with Gasteiger partial charge in [-0.15, -0.1) is 0 Å². The van der Waals surface area contributed by atoms with Gasteiger partial charge < -0.3 is 16.0 Å². The van der Waals surface area contributed by atoms with Gasteiger partial charge in [-0.05, 0) is 26.4 Å². The summed E-state index contributed by atoms with van der Waals surface area (Å²) in [7, 11) is 2.03. The van der Waals surface area contributed by atoms with Gasteiger partial charge in [0.05, 0.1) is 0 Å². The lowest BCUT2D eigenvalue weighted by molar-refractivity contribution is 0.0251. The number of rotatable bonds is 7. The molecule has 3 atom stereocenters. The maximum Gasteiger partial charge on any atom is 0.0262 e. The molecule has 2 fully saturated rings. The highest BCUT2D eigenvalue weighted by molar-refractivity contribution is 5.01. The maximum absolute atomic E-state index is 3.68.